The molecule has 20 heavy (non-hydrogen) atoms. The second kappa shape index (κ2) is 6.34. The fourth-order valence-electron chi connectivity index (χ4n) is 1.74. The van der Waals surface area contributed by atoms with Crippen molar-refractivity contribution in [3.05, 3.63) is 46.2 Å². The Morgan fingerprint density at radius 1 is 1.10 bits per heavy atom. The number of nitrogens with one attached hydrogen (secondary N) is 2. The number of hydrogen-bond donors (Lipinski definition) is 2. The lowest BCUT2D eigenvalue weighted by Crippen LogP contribution is -2.14. The lowest BCUT2D eigenvalue weighted by atomic mass is 10.1. The summed E-state index contributed by atoms with van der Waals surface area (Å²) in [5, 5.41) is 7.55. The number of amides is 2. The molecule has 104 valence electrons. The van der Waals surface area contributed by atoms with Crippen LogP contribution in [0.25, 0.3) is 0 Å². The molecule has 0 aliphatic heterocycles. The molecule has 0 radical (unpaired) electrons. The maximum absolute atomic E-state index is 12.0. The van der Waals surface area contributed by atoms with E-state index in [0.29, 0.717) is 17.0 Å². The van der Waals surface area contributed by atoms with Crippen molar-refractivity contribution in [3.63, 3.8) is 0 Å². The van der Waals surface area contributed by atoms with Gasteiger partial charge in [0.1, 0.15) is 0 Å². The van der Waals surface area contributed by atoms with Gasteiger partial charge in [-0.15, -0.1) is 11.3 Å². The Kier molecular flexibility index (Phi) is 4.53. The van der Waals surface area contributed by atoms with Crippen molar-refractivity contribution in [1.29, 1.82) is 0 Å². The summed E-state index contributed by atoms with van der Waals surface area (Å²) >= 11 is 1.39. The van der Waals surface area contributed by atoms with E-state index >= 15 is 0 Å². The van der Waals surface area contributed by atoms with Crippen LogP contribution >= 0.6 is 11.3 Å². The molecule has 1 heterocycles. The zero-order valence-electron chi connectivity index (χ0n) is 11.4. The van der Waals surface area contributed by atoms with Crippen LogP contribution in [0.1, 0.15) is 28.6 Å². The minimum Gasteiger partial charge on any atom is -0.326 e. The Balaban J connectivity index is 2.18. The molecule has 1 aromatic heterocycles. The minimum atomic E-state index is -0.137. The molecule has 2 N–H and O–H groups in total. The third kappa shape index (κ3) is 3.24. The molecule has 0 aliphatic carbocycles. The highest BCUT2D eigenvalue weighted by Crippen LogP contribution is 2.24. The van der Waals surface area contributed by atoms with E-state index in [2.05, 4.69) is 10.6 Å². The zero-order chi connectivity index (χ0) is 14.5. The van der Waals surface area contributed by atoms with Gasteiger partial charge in [0.05, 0.1) is 4.88 Å². The molecular weight excluding hydrogens is 272 g/mol. The van der Waals surface area contributed by atoms with E-state index in [1.807, 2.05) is 36.6 Å². The maximum atomic E-state index is 12.0. The Morgan fingerprint density at radius 3 is 2.40 bits per heavy atom. The molecule has 1 aromatic carbocycles. The van der Waals surface area contributed by atoms with Gasteiger partial charge in [-0.2, -0.15) is 0 Å². The molecule has 0 bridgehead atoms. The van der Waals surface area contributed by atoms with Crippen molar-refractivity contribution < 1.29 is 9.59 Å². The second-order valence-corrected chi connectivity index (χ2v) is 5.26. The molecule has 0 fully saturated rings. The summed E-state index contributed by atoms with van der Waals surface area (Å²) in [5.74, 6) is -0.183. The number of benzene rings is 1. The smallest absolute Gasteiger partial charge is 0.265 e. The fraction of sp³-hybridized carbons (Fsp3) is 0.200. The average Bonchev–Trinajstić information content (AvgIpc) is 2.97. The van der Waals surface area contributed by atoms with Crippen LogP contribution in [0.2, 0.25) is 0 Å². The molecule has 0 saturated heterocycles. The zero-order valence-corrected chi connectivity index (χ0v) is 12.2. The standard InChI is InChI=1S/C15H16N2O2S/c1-3-14(18)16-11-6-4-7-12(10(11)2)17-15(19)13-8-5-9-20-13/h4-9H,3H2,1-2H3,(H,16,18)(H,17,19). The van der Waals surface area contributed by atoms with Crippen LogP contribution in [0.4, 0.5) is 11.4 Å². The number of carbonyl (C=O) groups excluding carboxylic acids is 2. The lowest BCUT2D eigenvalue weighted by molar-refractivity contribution is -0.115. The molecule has 2 aromatic rings. The van der Waals surface area contributed by atoms with Crippen molar-refractivity contribution in [2.24, 2.45) is 0 Å². The molecule has 4 nitrogen and oxygen atoms in total. The van der Waals surface area contributed by atoms with E-state index in [9.17, 15) is 9.59 Å². The van der Waals surface area contributed by atoms with E-state index in [1.54, 1.807) is 13.0 Å². The van der Waals surface area contributed by atoms with Crippen LogP contribution in [0.3, 0.4) is 0 Å². The molecule has 2 rings (SSSR count). The van der Waals surface area contributed by atoms with Crippen molar-refractivity contribution in [3.8, 4) is 0 Å². The third-order valence-corrected chi connectivity index (χ3v) is 3.79. The van der Waals surface area contributed by atoms with Gasteiger partial charge in [-0.3, -0.25) is 9.59 Å². The van der Waals surface area contributed by atoms with Gasteiger partial charge in [0.15, 0.2) is 0 Å². The van der Waals surface area contributed by atoms with Crippen LogP contribution in [0.5, 0.6) is 0 Å². The highest BCUT2D eigenvalue weighted by molar-refractivity contribution is 7.12. The van der Waals surface area contributed by atoms with E-state index in [4.69, 9.17) is 0 Å². The first kappa shape index (κ1) is 14.3. The molecule has 2 amide bonds. The molecule has 0 aliphatic rings. The third-order valence-electron chi connectivity index (χ3n) is 2.92. The lowest BCUT2D eigenvalue weighted by Gasteiger charge is -2.12. The highest BCUT2D eigenvalue weighted by Gasteiger charge is 2.11. The molecule has 0 spiro atoms. The van der Waals surface area contributed by atoms with Gasteiger partial charge < -0.3 is 10.6 Å². The van der Waals surface area contributed by atoms with Crippen molar-refractivity contribution in [2.45, 2.75) is 20.3 Å². The number of anilines is 2. The highest BCUT2D eigenvalue weighted by atomic mass is 32.1. The molecule has 0 atom stereocenters. The Labute approximate surface area is 121 Å². The van der Waals surface area contributed by atoms with Crippen molar-refractivity contribution in [1.82, 2.24) is 0 Å². The predicted molar refractivity (Wildman–Crippen MR) is 82.4 cm³/mol. The van der Waals surface area contributed by atoms with Crippen LogP contribution in [-0.2, 0) is 4.79 Å². The van der Waals surface area contributed by atoms with E-state index in [1.165, 1.54) is 11.3 Å². The summed E-state index contributed by atoms with van der Waals surface area (Å²) in [6.07, 6.45) is 0.422. The van der Waals surface area contributed by atoms with Gasteiger partial charge in [0.2, 0.25) is 5.91 Å². The number of hydrogen-bond acceptors (Lipinski definition) is 3. The summed E-state index contributed by atoms with van der Waals surface area (Å²) < 4.78 is 0. The van der Waals surface area contributed by atoms with Crippen LogP contribution in [0, 0.1) is 6.92 Å². The maximum Gasteiger partial charge on any atom is 0.265 e. The summed E-state index contributed by atoms with van der Waals surface area (Å²) in [6, 6.07) is 9.07. The molecule has 0 saturated carbocycles. The summed E-state index contributed by atoms with van der Waals surface area (Å²) in [6.45, 7) is 3.67. The van der Waals surface area contributed by atoms with Crippen LogP contribution in [-0.4, -0.2) is 11.8 Å². The summed E-state index contributed by atoms with van der Waals surface area (Å²) in [4.78, 5) is 24.1. The quantitative estimate of drug-likeness (QED) is 0.902. The largest absolute Gasteiger partial charge is 0.326 e. The van der Waals surface area contributed by atoms with Crippen LogP contribution < -0.4 is 10.6 Å². The van der Waals surface area contributed by atoms with Gasteiger partial charge in [-0.1, -0.05) is 19.1 Å². The van der Waals surface area contributed by atoms with Crippen LogP contribution in [0.15, 0.2) is 35.7 Å². The SMILES string of the molecule is CCC(=O)Nc1cccc(NC(=O)c2cccs2)c1C. The Hall–Kier alpha value is -2.14. The molecule has 0 unspecified atom stereocenters. The topological polar surface area (TPSA) is 58.2 Å². The monoisotopic (exact) mass is 288 g/mol. The van der Waals surface area contributed by atoms with Gasteiger partial charge in [0, 0.05) is 17.8 Å². The van der Waals surface area contributed by atoms with Gasteiger partial charge in [0.25, 0.3) is 5.91 Å². The van der Waals surface area contributed by atoms with Gasteiger partial charge >= 0.3 is 0 Å². The first-order valence-electron chi connectivity index (χ1n) is 6.36. The second-order valence-electron chi connectivity index (χ2n) is 4.31. The molecule has 5 heteroatoms. The Bertz CT molecular complexity index is 621. The van der Waals surface area contributed by atoms with Gasteiger partial charge in [-0.05, 0) is 36.1 Å². The van der Waals surface area contributed by atoms with Crippen molar-refractivity contribution >= 4 is 34.5 Å². The average molecular weight is 288 g/mol. The fourth-order valence-corrected chi connectivity index (χ4v) is 2.36. The summed E-state index contributed by atoms with van der Waals surface area (Å²) in [5.41, 5.74) is 2.28. The molecular formula is C15H16N2O2S. The Morgan fingerprint density at radius 2 is 1.80 bits per heavy atom. The normalized spacial score (nSPS) is 10.1. The number of carbonyl (C=O) groups is 2. The first-order valence-corrected chi connectivity index (χ1v) is 7.24. The van der Waals surface area contributed by atoms with E-state index < -0.39 is 0 Å². The van der Waals surface area contributed by atoms with E-state index in [0.717, 1.165) is 11.3 Å². The van der Waals surface area contributed by atoms with Gasteiger partial charge in [-0.25, -0.2) is 0 Å². The number of thiophene rings is 1. The minimum absolute atomic E-state index is 0.0465. The van der Waals surface area contributed by atoms with Crippen molar-refractivity contribution in [2.75, 3.05) is 10.6 Å². The number of rotatable bonds is 4. The predicted octanol–water partition coefficient (Wildman–Crippen LogP) is 3.66. The first-order chi connectivity index (χ1) is 9.61. The van der Waals surface area contributed by atoms with E-state index in [-0.39, 0.29) is 11.8 Å². The summed E-state index contributed by atoms with van der Waals surface area (Å²) in [7, 11) is 0.